The summed E-state index contributed by atoms with van der Waals surface area (Å²) in [6.45, 7) is 0. The molecule has 0 radical (unpaired) electrons. The Morgan fingerprint density at radius 1 is 0.328 bits per heavy atom. The molecule has 3 aliphatic carbocycles. The number of anilines is 3. The van der Waals surface area contributed by atoms with Gasteiger partial charge in [-0.3, -0.25) is 0 Å². The first-order valence-corrected chi connectivity index (χ1v) is 23.7. The number of rotatable bonds is 15. The molecule has 0 amide bonds. The van der Waals surface area contributed by atoms with Crippen molar-refractivity contribution in [2.45, 2.75) is 19.3 Å². The molecule has 1 heteroatoms. The molecule has 0 spiro atoms. The molecule has 0 saturated carbocycles. The first-order chi connectivity index (χ1) is 33.2. The Kier molecular flexibility index (Phi) is 15.0. The van der Waals surface area contributed by atoms with Crippen LogP contribution in [0.15, 0.2) is 273 Å². The third-order valence-corrected chi connectivity index (χ3v) is 12.6. The molecule has 9 rings (SSSR count). The van der Waals surface area contributed by atoms with Crippen LogP contribution in [-0.4, -0.2) is 0 Å². The van der Waals surface area contributed by atoms with Crippen molar-refractivity contribution in [3.8, 4) is 0 Å². The fraction of sp³-hybridized carbons (Fsp3) is 0.0909. The first kappa shape index (κ1) is 44.2. The van der Waals surface area contributed by atoms with Crippen LogP contribution in [0, 0.1) is 17.8 Å². The van der Waals surface area contributed by atoms with Gasteiger partial charge in [0.05, 0.1) is 0 Å². The maximum atomic E-state index is 2.34. The SMILES string of the molecule is C1=CCC(C(=CC=Cc2ccc(N(c3ccc(C=CC=C(c4ccccc4)C4C=CC=CC4)cc3)c3ccc(C=CC=C(c4ccccc4)C4C=CC=CC4)cc3)cc2)c2ccccc2)C=C1. The summed E-state index contributed by atoms with van der Waals surface area (Å²) in [6, 6.07) is 58.9. The number of benzene rings is 6. The van der Waals surface area contributed by atoms with Crippen molar-refractivity contribution in [2.75, 3.05) is 4.90 Å². The quantitative estimate of drug-likeness (QED) is 0.0930. The molecular formula is C66H57N. The molecule has 3 aliphatic rings. The van der Waals surface area contributed by atoms with Gasteiger partial charge < -0.3 is 4.90 Å². The zero-order chi connectivity index (χ0) is 45.3. The molecule has 0 bridgehead atoms. The number of allylic oxidation sites excluding steroid dienone is 21. The molecule has 0 aliphatic heterocycles. The second kappa shape index (κ2) is 22.8. The predicted molar refractivity (Wildman–Crippen MR) is 291 cm³/mol. The van der Waals surface area contributed by atoms with Crippen molar-refractivity contribution >= 4 is 52.0 Å². The highest BCUT2D eigenvalue weighted by molar-refractivity contribution is 5.80. The van der Waals surface area contributed by atoms with Crippen LogP contribution in [0.1, 0.15) is 52.6 Å². The Balaban J connectivity index is 0.988. The van der Waals surface area contributed by atoms with E-state index >= 15 is 0 Å². The normalized spacial score (nSPS) is 18.4. The first-order valence-electron chi connectivity index (χ1n) is 23.7. The van der Waals surface area contributed by atoms with E-state index in [1.54, 1.807) is 0 Å². The van der Waals surface area contributed by atoms with Crippen LogP contribution in [0.5, 0.6) is 0 Å². The van der Waals surface area contributed by atoms with Gasteiger partial charge in [-0.05, 0) is 106 Å². The van der Waals surface area contributed by atoms with Crippen LogP contribution in [-0.2, 0) is 0 Å². The minimum atomic E-state index is 0.358. The second-order valence-corrected chi connectivity index (χ2v) is 17.1. The fourth-order valence-electron chi connectivity index (χ4n) is 9.07. The molecular weight excluding hydrogens is 807 g/mol. The average Bonchev–Trinajstić information content (AvgIpc) is 3.41. The molecule has 1 nitrogen and oxygen atoms in total. The van der Waals surface area contributed by atoms with Crippen LogP contribution in [0.2, 0.25) is 0 Å². The van der Waals surface area contributed by atoms with Crippen LogP contribution >= 0.6 is 0 Å². The lowest BCUT2D eigenvalue weighted by molar-refractivity contribution is 0.843. The lowest BCUT2D eigenvalue weighted by Gasteiger charge is -2.26. The number of hydrogen-bond donors (Lipinski definition) is 0. The van der Waals surface area contributed by atoms with Gasteiger partial charge in [-0.2, -0.15) is 0 Å². The molecule has 3 atom stereocenters. The maximum Gasteiger partial charge on any atom is 0.0462 e. The van der Waals surface area contributed by atoms with E-state index in [9.17, 15) is 0 Å². The van der Waals surface area contributed by atoms with E-state index in [-0.39, 0.29) is 0 Å². The molecule has 0 heterocycles. The van der Waals surface area contributed by atoms with E-state index in [1.807, 2.05) is 0 Å². The molecule has 326 valence electrons. The standard InChI is InChI=1S/C66H57N/c1-7-25-55(26-8-1)64(56-27-9-2-10-28-56)37-19-22-52-40-46-61(47-41-52)67(62-48-42-53(43-49-62)23-20-38-65(57-29-11-3-12-30-57)58-31-13-4-14-32-58)63-50-44-54(45-51-63)24-21-39-66(59-33-15-5-16-34-59)60-35-17-6-18-36-60/h1-27,29-31,33-35,37-51,56,58,60H,28,32,36H2. The minimum Gasteiger partial charge on any atom is -0.311 e. The van der Waals surface area contributed by atoms with Crippen molar-refractivity contribution in [3.05, 3.63) is 307 Å². The van der Waals surface area contributed by atoms with E-state index in [4.69, 9.17) is 0 Å². The predicted octanol–water partition coefficient (Wildman–Crippen LogP) is 17.8. The highest BCUT2D eigenvalue weighted by Crippen LogP contribution is 2.37. The van der Waals surface area contributed by atoms with Crippen molar-refractivity contribution in [1.29, 1.82) is 0 Å². The molecule has 6 aromatic rings. The molecule has 6 aromatic carbocycles. The van der Waals surface area contributed by atoms with Gasteiger partial charge in [-0.15, -0.1) is 0 Å². The summed E-state index contributed by atoms with van der Waals surface area (Å²) in [5.41, 5.74) is 14.5. The van der Waals surface area contributed by atoms with Gasteiger partial charge in [0.1, 0.15) is 0 Å². The molecule has 3 unspecified atom stereocenters. The molecule has 0 N–H and O–H groups in total. The van der Waals surface area contributed by atoms with Gasteiger partial charge in [-0.1, -0.05) is 255 Å². The van der Waals surface area contributed by atoms with Crippen LogP contribution in [0.4, 0.5) is 17.1 Å². The summed E-state index contributed by atoms with van der Waals surface area (Å²) in [5.74, 6) is 1.07. The van der Waals surface area contributed by atoms with E-state index in [0.29, 0.717) is 17.8 Å². The number of hydrogen-bond acceptors (Lipinski definition) is 1. The Hall–Kier alpha value is -8.00. The highest BCUT2D eigenvalue weighted by atomic mass is 15.1. The largest absolute Gasteiger partial charge is 0.311 e. The smallest absolute Gasteiger partial charge is 0.0462 e. The van der Waals surface area contributed by atoms with Gasteiger partial charge in [-0.25, -0.2) is 0 Å². The van der Waals surface area contributed by atoms with Crippen molar-refractivity contribution < 1.29 is 0 Å². The lowest BCUT2D eigenvalue weighted by atomic mass is 9.87. The second-order valence-electron chi connectivity index (χ2n) is 17.1. The van der Waals surface area contributed by atoms with E-state index in [0.717, 1.165) is 53.0 Å². The van der Waals surface area contributed by atoms with E-state index in [2.05, 4.69) is 296 Å². The molecule has 0 aromatic heterocycles. The van der Waals surface area contributed by atoms with Gasteiger partial charge in [0, 0.05) is 34.8 Å². The topological polar surface area (TPSA) is 3.24 Å². The molecule has 0 saturated heterocycles. The summed E-state index contributed by atoms with van der Waals surface area (Å²) in [4.78, 5) is 2.34. The van der Waals surface area contributed by atoms with Gasteiger partial charge >= 0.3 is 0 Å². The lowest BCUT2D eigenvalue weighted by Crippen LogP contribution is -2.09. The summed E-state index contributed by atoms with van der Waals surface area (Å²) >= 11 is 0. The molecule has 67 heavy (non-hydrogen) atoms. The third-order valence-electron chi connectivity index (χ3n) is 12.6. The Morgan fingerprint density at radius 3 is 0.866 bits per heavy atom. The van der Waals surface area contributed by atoms with Crippen LogP contribution in [0.25, 0.3) is 34.9 Å². The Labute approximate surface area is 398 Å². The zero-order valence-electron chi connectivity index (χ0n) is 38.0. The third kappa shape index (κ3) is 11.8. The summed E-state index contributed by atoms with van der Waals surface area (Å²) in [6.07, 6.45) is 49.7. The molecule has 0 fully saturated rings. The Morgan fingerprint density at radius 2 is 0.612 bits per heavy atom. The Bertz CT molecular complexity index is 2600. The summed E-state index contributed by atoms with van der Waals surface area (Å²) in [5, 5.41) is 0. The highest BCUT2D eigenvalue weighted by Gasteiger charge is 2.16. The van der Waals surface area contributed by atoms with Gasteiger partial charge in [0.15, 0.2) is 0 Å². The van der Waals surface area contributed by atoms with Crippen LogP contribution in [0.3, 0.4) is 0 Å². The maximum absolute atomic E-state index is 2.34. The van der Waals surface area contributed by atoms with Gasteiger partial charge in [0.2, 0.25) is 0 Å². The van der Waals surface area contributed by atoms with Crippen LogP contribution < -0.4 is 4.90 Å². The average molecular weight is 864 g/mol. The fourth-order valence-corrected chi connectivity index (χ4v) is 9.07. The van der Waals surface area contributed by atoms with Crippen molar-refractivity contribution in [2.24, 2.45) is 17.8 Å². The van der Waals surface area contributed by atoms with Gasteiger partial charge in [0.25, 0.3) is 0 Å². The summed E-state index contributed by atoms with van der Waals surface area (Å²) < 4.78 is 0. The zero-order valence-corrected chi connectivity index (χ0v) is 38.0. The number of nitrogens with zero attached hydrogens (tertiary/aromatic N) is 1. The van der Waals surface area contributed by atoms with Crippen molar-refractivity contribution in [3.63, 3.8) is 0 Å². The van der Waals surface area contributed by atoms with Crippen molar-refractivity contribution in [1.82, 2.24) is 0 Å². The van der Waals surface area contributed by atoms with E-state index < -0.39 is 0 Å². The summed E-state index contributed by atoms with van der Waals surface area (Å²) in [7, 11) is 0. The monoisotopic (exact) mass is 863 g/mol. The van der Waals surface area contributed by atoms with E-state index in [1.165, 1.54) is 33.4 Å². The minimum absolute atomic E-state index is 0.358.